The summed E-state index contributed by atoms with van der Waals surface area (Å²) in [5.74, 6) is -0.400. The number of nitro groups is 1. The number of non-ortho nitro benzene ring substituents is 1. The zero-order valence-electron chi connectivity index (χ0n) is 11.8. The Labute approximate surface area is 118 Å². The summed E-state index contributed by atoms with van der Waals surface area (Å²) in [5, 5.41) is 10.6. The number of carbonyl (C=O) groups excluding carboxylic acids is 1. The second-order valence-corrected chi connectivity index (χ2v) is 6.09. The molecule has 1 atom stereocenters. The van der Waals surface area contributed by atoms with Crippen LogP contribution in [-0.2, 0) is 4.74 Å². The molecule has 0 heterocycles. The Balaban J connectivity index is 1.99. The molecule has 0 saturated heterocycles. The summed E-state index contributed by atoms with van der Waals surface area (Å²) in [6.07, 6.45) is 3.92. The van der Waals surface area contributed by atoms with Crippen LogP contribution in [0.1, 0.15) is 49.9 Å². The van der Waals surface area contributed by atoms with Gasteiger partial charge in [0.15, 0.2) is 0 Å². The van der Waals surface area contributed by atoms with Gasteiger partial charge in [0, 0.05) is 12.1 Å². The average molecular weight is 277 g/mol. The molecular formula is C15H19NO4. The van der Waals surface area contributed by atoms with Crippen molar-refractivity contribution in [1.29, 1.82) is 0 Å². The van der Waals surface area contributed by atoms with Crippen molar-refractivity contribution in [2.75, 3.05) is 0 Å². The van der Waals surface area contributed by atoms with Gasteiger partial charge >= 0.3 is 5.97 Å². The van der Waals surface area contributed by atoms with E-state index in [1.165, 1.54) is 24.3 Å². The van der Waals surface area contributed by atoms with Gasteiger partial charge in [0.25, 0.3) is 5.69 Å². The van der Waals surface area contributed by atoms with Crippen molar-refractivity contribution >= 4 is 11.7 Å². The first kappa shape index (κ1) is 14.5. The minimum atomic E-state index is -0.487. The zero-order chi connectivity index (χ0) is 14.8. The van der Waals surface area contributed by atoms with E-state index in [4.69, 9.17) is 4.74 Å². The number of carbonyl (C=O) groups is 1. The molecule has 5 nitrogen and oxygen atoms in total. The number of nitrogens with zero attached hydrogens (tertiary/aromatic N) is 1. The summed E-state index contributed by atoms with van der Waals surface area (Å²) < 4.78 is 5.50. The highest BCUT2D eigenvalue weighted by molar-refractivity contribution is 5.89. The highest BCUT2D eigenvalue weighted by Gasteiger charge is 2.30. The van der Waals surface area contributed by atoms with E-state index in [9.17, 15) is 14.9 Å². The van der Waals surface area contributed by atoms with Crippen molar-refractivity contribution in [2.24, 2.45) is 5.41 Å². The van der Waals surface area contributed by atoms with E-state index < -0.39 is 10.9 Å². The van der Waals surface area contributed by atoms with Crippen LogP contribution >= 0.6 is 0 Å². The maximum Gasteiger partial charge on any atom is 0.338 e. The summed E-state index contributed by atoms with van der Waals surface area (Å²) in [6, 6.07) is 5.52. The minimum Gasteiger partial charge on any atom is -0.459 e. The summed E-state index contributed by atoms with van der Waals surface area (Å²) in [6.45, 7) is 4.36. The molecule has 0 spiro atoms. The molecule has 1 saturated carbocycles. The van der Waals surface area contributed by atoms with Crippen LogP contribution in [0.15, 0.2) is 24.3 Å². The third kappa shape index (κ3) is 3.56. The van der Waals surface area contributed by atoms with Crippen LogP contribution in [0, 0.1) is 15.5 Å². The smallest absolute Gasteiger partial charge is 0.338 e. The van der Waals surface area contributed by atoms with Gasteiger partial charge in [-0.1, -0.05) is 13.8 Å². The Hall–Kier alpha value is -1.91. The predicted octanol–water partition coefficient (Wildman–Crippen LogP) is 3.72. The fourth-order valence-electron chi connectivity index (χ4n) is 2.67. The standard InChI is InChI=1S/C15H19NO4/c1-15(2)9-3-4-13(10-15)20-14(17)11-5-7-12(8-6-11)16(18)19/h5-8,13H,3-4,9-10H2,1-2H3/t13-/m1/s1. The molecule has 2 rings (SSSR count). The summed E-state index contributed by atoms with van der Waals surface area (Å²) in [5.41, 5.74) is 0.540. The number of rotatable bonds is 3. The van der Waals surface area contributed by atoms with Crippen molar-refractivity contribution in [3.63, 3.8) is 0 Å². The second-order valence-electron chi connectivity index (χ2n) is 6.09. The largest absolute Gasteiger partial charge is 0.459 e. The number of hydrogen-bond donors (Lipinski definition) is 0. The molecule has 1 aromatic carbocycles. The SMILES string of the molecule is CC1(C)CCC[C@@H](OC(=O)c2ccc([N+](=O)[O-])cc2)C1. The Morgan fingerprint density at radius 3 is 2.55 bits per heavy atom. The quantitative estimate of drug-likeness (QED) is 0.479. The highest BCUT2D eigenvalue weighted by atomic mass is 16.6. The lowest BCUT2D eigenvalue weighted by Crippen LogP contribution is -2.30. The van der Waals surface area contributed by atoms with Crippen LogP contribution in [-0.4, -0.2) is 17.0 Å². The Morgan fingerprint density at radius 2 is 2.00 bits per heavy atom. The summed E-state index contributed by atoms with van der Waals surface area (Å²) in [4.78, 5) is 22.1. The summed E-state index contributed by atoms with van der Waals surface area (Å²) in [7, 11) is 0. The molecule has 0 aromatic heterocycles. The zero-order valence-corrected chi connectivity index (χ0v) is 11.8. The van der Waals surface area contributed by atoms with Gasteiger partial charge in [-0.05, 0) is 43.2 Å². The van der Waals surface area contributed by atoms with E-state index >= 15 is 0 Å². The van der Waals surface area contributed by atoms with Gasteiger partial charge in [0.05, 0.1) is 10.5 Å². The van der Waals surface area contributed by atoms with E-state index in [1.54, 1.807) is 0 Å². The predicted molar refractivity (Wildman–Crippen MR) is 74.5 cm³/mol. The number of benzene rings is 1. The molecular weight excluding hydrogens is 258 g/mol. The Morgan fingerprint density at radius 1 is 1.35 bits per heavy atom. The van der Waals surface area contributed by atoms with Crippen molar-refractivity contribution in [2.45, 2.75) is 45.6 Å². The first-order valence-corrected chi connectivity index (χ1v) is 6.83. The van der Waals surface area contributed by atoms with Crippen LogP contribution < -0.4 is 0 Å². The third-order valence-corrected chi connectivity index (χ3v) is 3.75. The van der Waals surface area contributed by atoms with E-state index in [-0.39, 0.29) is 17.2 Å². The van der Waals surface area contributed by atoms with Gasteiger partial charge in [-0.2, -0.15) is 0 Å². The molecule has 0 amide bonds. The first-order valence-electron chi connectivity index (χ1n) is 6.83. The van der Waals surface area contributed by atoms with Crippen LogP contribution in [0.4, 0.5) is 5.69 Å². The van der Waals surface area contributed by atoms with Gasteiger partial charge in [-0.3, -0.25) is 10.1 Å². The average Bonchev–Trinajstić information content (AvgIpc) is 2.37. The molecule has 0 bridgehead atoms. The van der Waals surface area contributed by atoms with E-state index in [0.717, 1.165) is 25.7 Å². The molecule has 1 aliphatic carbocycles. The topological polar surface area (TPSA) is 69.4 Å². The number of esters is 1. The molecule has 0 N–H and O–H groups in total. The van der Waals surface area contributed by atoms with Gasteiger partial charge in [0.1, 0.15) is 6.10 Å². The van der Waals surface area contributed by atoms with Crippen molar-refractivity contribution in [1.82, 2.24) is 0 Å². The minimum absolute atomic E-state index is 0.0275. The summed E-state index contributed by atoms with van der Waals surface area (Å²) >= 11 is 0. The second kappa shape index (κ2) is 5.61. The highest BCUT2D eigenvalue weighted by Crippen LogP contribution is 2.36. The van der Waals surface area contributed by atoms with Crippen LogP contribution in [0.25, 0.3) is 0 Å². The van der Waals surface area contributed by atoms with E-state index in [1.807, 2.05) is 0 Å². The van der Waals surface area contributed by atoms with Crippen LogP contribution in [0.5, 0.6) is 0 Å². The maximum atomic E-state index is 12.0. The lowest BCUT2D eigenvalue weighted by atomic mass is 9.76. The lowest BCUT2D eigenvalue weighted by Gasteiger charge is -2.34. The Kier molecular flexibility index (Phi) is 4.06. The fraction of sp³-hybridized carbons (Fsp3) is 0.533. The molecule has 1 aromatic rings. The van der Waals surface area contributed by atoms with Gasteiger partial charge < -0.3 is 4.74 Å². The monoisotopic (exact) mass is 277 g/mol. The molecule has 0 aliphatic heterocycles. The van der Waals surface area contributed by atoms with Crippen molar-refractivity contribution in [3.8, 4) is 0 Å². The molecule has 5 heteroatoms. The molecule has 1 fully saturated rings. The fourth-order valence-corrected chi connectivity index (χ4v) is 2.67. The van der Waals surface area contributed by atoms with Crippen LogP contribution in [0.3, 0.4) is 0 Å². The number of nitro benzene ring substituents is 1. The lowest BCUT2D eigenvalue weighted by molar-refractivity contribution is -0.384. The van der Waals surface area contributed by atoms with Crippen molar-refractivity contribution < 1.29 is 14.5 Å². The number of ether oxygens (including phenoxy) is 1. The van der Waals surface area contributed by atoms with E-state index in [0.29, 0.717) is 5.56 Å². The normalized spacial score (nSPS) is 21.2. The molecule has 0 unspecified atom stereocenters. The van der Waals surface area contributed by atoms with Crippen molar-refractivity contribution in [3.05, 3.63) is 39.9 Å². The molecule has 20 heavy (non-hydrogen) atoms. The van der Waals surface area contributed by atoms with Gasteiger partial charge in [-0.15, -0.1) is 0 Å². The Bertz CT molecular complexity index is 507. The molecule has 0 radical (unpaired) electrons. The molecule has 108 valence electrons. The third-order valence-electron chi connectivity index (χ3n) is 3.75. The molecule has 1 aliphatic rings. The first-order chi connectivity index (χ1) is 9.37. The number of hydrogen-bond acceptors (Lipinski definition) is 4. The van der Waals surface area contributed by atoms with Gasteiger partial charge in [0.2, 0.25) is 0 Å². The van der Waals surface area contributed by atoms with E-state index in [2.05, 4.69) is 13.8 Å². The maximum absolute atomic E-state index is 12.0. The van der Waals surface area contributed by atoms with Crippen LogP contribution in [0.2, 0.25) is 0 Å². The van der Waals surface area contributed by atoms with Gasteiger partial charge in [-0.25, -0.2) is 4.79 Å².